The van der Waals surface area contributed by atoms with Crippen LogP contribution in [0.25, 0.3) is 10.9 Å². The fourth-order valence-electron chi connectivity index (χ4n) is 2.57. The molecule has 0 aliphatic rings. The number of nitrogens with zero attached hydrogens (tertiary/aromatic N) is 1. The van der Waals surface area contributed by atoms with Crippen LogP contribution in [0.15, 0.2) is 9.59 Å². The Morgan fingerprint density at radius 3 is 2.54 bits per heavy atom. The summed E-state index contributed by atoms with van der Waals surface area (Å²) in [5.41, 5.74) is 11.5. The fraction of sp³-hybridized carbons (Fsp3) is 0.467. The SMILES string of the molecule is CC(=O)OCCCCCCc1c(N)[nH]c(=O)c2c(N)nc(=O)[nH]c12. The Hall–Kier alpha value is -2.84. The number of aromatic nitrogens is 3. The number of carbonyl (C=O) groups is 1. The van der Waals surface area contributed by atoms with Crippen LogP contribution in [0.4, 0.5) is 11.6 Å². The smallest absolute Gasteiger partial charge is 0.347 e. The Kier molecular flexibility index (Phi) is 5.56. The van der Waals surface area contributed by atoms with Crippen molar-refractivity contribution < 1.29 is 9.53 Å². The molecule has 130 valence electrons. The fourth-order valence-corrected chi connectivity index (χ4v) is 2.57. The summed E-state index contributed by atoms with van der Waals surface area (Å²) in [5, 5.41) is 0.147. The number of aryl methyl sites for hydroxylation is 1. The van der Waals surface area contributed by atoms with Gasteiger partial charge in [-0.05, 0) is 19.3 Å². The highest BCUT2D eigenvalue weighted by Gasteiger charge is 2.14. The van der Waals surface area contributed by atoms with E-state index in [4.69, 9.17) is 16.2 Å². The van der Waals surface area contributed by atoms with Gasteiger partial charge in [-0.25, -0.2) is 4.79 Å². The van der Waals surface area contributed by atoms with Gasteiger partial charge in [0.15, 0.2) is 0 Å². The summed E-state index contributed by atoms with van der Waals surface area (Å²) in [6, 6.07) is 0. The molecular formula is C15H21N5O4. The number of anilines is 2. The third kappa shape index (κ3) is 4.12. The maximum Gasteiger partial charge on any atom is 0.347 e. The van der Waals surface area contributed by atoms with Gasteiger partial charge in [-0.1, -0.05) is 12.8 Å². The number of nitrogens with two attached hydrogens (primary N) is 2. The summed E-state index contributed by atoms with van der Waals surface area (Å²) < 4.78 is 4.86. The molecule has 2 rings (SSSR count). The molecule has 24 heavy (non-hydrogen) atoms. The molecular weight excluding hydrogens is 314 g/mol. The summed E-state index contributed by atoms with van der Waals surface area (Å²) >= 11 is 0. The van der Waals surface area contributed by atoms with Gasteiger partial charge in [0, 0.05) is 12.5 Å². The predicted molar refractivity (Wildman–Crippen MR) is 90.6 cm³/mol. The number of unbranched alkanes of at least 4 members (excludes halogenated alkanes) is 3. The van der Waals surface area contributed by atoms with Crippen molar-refractivity contribution in [2.75, 3.05) is 18.1 Å². The average molecular weight is 335 g/mol. The van der Waals surface area contributed by atoms with Crippen LogP contribution >= 0.6 is 0 Å². The molecule has 0 saturated heterocycles. The largest absolute Gasteiger partial charge is 0.466 e. The molecule has 2 heterocycles. The van der Waals surface area contributed by atoms with Crippen LogP contribution in [0.2, 0.25) is 0 Å². The summed E-state index contributed by atoms with van der Waals surface area (Å²) in [6.07, 6.45) is 3.96. The van der Waals surface area contributed by atoms with Gasteiger partial charge < -0.3 is 26.2 Å². The zero-order chi connectivity index (χ0) is 17.7. The van der Waals surface area contributed by atoms with Gasteiger partial charge in [-0.2, -0.15) is 4.98 Å². The minimum atomic E-state index is -0.618. The zero-order valence-electron chi connectivity index (χ0n) is 13.5. The molecule has 0 unspecified atom stereocenters. The summed E-state index contributed by atoms with van der Waals surface area (Å²) in [7, 11) is 0. The first-order chi connectivity index (χ1) is 11.4. The Labute approximate surface area is 137 Å². The normalized spacial score (nSPS) is 10.9. The van der Waals surface area contributed by atoms with Crippen LogP contribution in [0.1, 0.15) is 38.2 Å². The van der Waals surface area contributed by atoms with E-state index in [1.807, 2.05) is 0 Å². The number of nitrogens with one attached hydrogen (secondary N) is 2. The van der Waals surface area contributed by atoms with Gasteiger partial charge in [-0.3, -0.25) is 9.59 Å². The van der Waals surface area contributed by atoms with Crippen LogP contribution < -0.4 is 22.7 Å². The van der Waals surface area contributed by atoms with Gasteiger partial charge >= 0.3 is 11.7 Å². The molecule has 9 nitrogen and oxygen atoms in total. The summed E-state index contributed by atoms with van der Waals surface area (Å²) in [6.45, 7) is 1.79. The minimum Gasteiger partial charge on any atom is -0.466 e. The Bertz CT molecular complexity index is 855. The number of hydrogen-bond donors (Lipinski definition) is 4. The molecule has 0 aliphatic heterocycles. The number of aromatic amines is 2. The van der Waals surface area contributed by atoms with Gasteiger partial charge in [-0.15, -0.1) is 0 Å². The minimum absolute atomic E-state index is 0.113. The van der Waals surface area contributed by atoms with E-state index in [2.05, 4.69) is 15.0 Å². The molecule has 0 atom stereocenters. The van der Waals surface area contributed by atoms with Crippen LogP contribution in [0.5, 0.6) is 0 Å². The Balaban J connectivity index is 2.08. The van der Waals surface area contributed by atoms with Crippen LogP contribution in [0.3, 0.4) is 0 Å². The van der Waals surface area contributed by atoms with E-state index in [1.54, 1.807) is 0 Å². The second kappa shape index (κ2) is 7.62. The van der Waals surface area contributed by atoms with Gasteiger partial charge in [0.2, 0.25) is 0 Å². The van der Waals surface area contributed by atoms with Crippen molar-refractivity contribution in [3.05, 3.63) is 26.4 Å². The van der Waals surface area contributed by atoms with Crippen molar-refractivity contribution in [1.82, 2.24) is 15.0 Å². The van der Waals surface area contributed by atoms with Gasteiger partial charge in [0.1, 0.15) is 17.0 Å². The lowest BCUT2D eigenvalue weighted by atomic mass is 10.0. The second-order valence-electron chi connectivity index (χ2n) is 5.53. The van der Waals surface area contributed by atoms with Crippen LogP contribution in [-0.2, 0) is 16.0 Å². The lowest BCUT2D eigenvalue weighted by molar-refractivity contribution is -0.141. The quantitative estimate of drug-likeness (QED) is 0.422. The number of fused-ring (bicyclic) bond motifs is 1. The van der Waals surface area contributed by atoms with E-state index in [0.717, 1.165) is 25.7 Å². The van der Waals surface area contributed by atoms with E-state index < -0.39 is 11.2 Å². The summed E-state index contributed by atoms with van der Waals surface area (Å²) in [5.74, 6) is -0.177. The van der Waals surface area contributed by atoms with Crippen LogP contribution in [-0.4, -0.2) is 27.5 Å². The van der Waals surface area contributed by atoms with Crippen molar-refractivity contribution in [3.8, 4) is 0 Å². The average Bonchev–Trinajstić information content (AvgIpc) is 2.47. The van der Waals surface area contributed by atoms with Crippen molar-refractivity contribution in [2.45, 2.75) is 39.0 Å². The van der Waals surface area contributed by atoms with Crippen molar-refractivity contribution in [2.24, 2.45) is 0 Å². The number of nitrogen functional groups attached to an aromatic ring is 2. The third-order valence-electron chi connectivity index (χ3n) is 3.69. The maximum atomic E-state index is 12.0. The molecule has 2 aromatic rings. The topological polar surface area (TPSA) is 157 Å². The molecule has 0 saturated carbocycles. The lowest BCUT2D eigenvalue weighted by Gasteiger charge is -2.10. The van der Waals surface area contributed by atoms with Gasteiger partial charge in [0.05, 0.1) is 12.1 Å². The monoisotopic (exact) mass is 335 g/mol. The molecule has 9 heteroatoms. The second-order valence-corrected chi connectivity index (χ2v) is 5.53. The Morgan fingerprint density at radius 1 is 1.12 bits per heavy atom. The third-order valence-corrected chi connectivity index (χ3v) is 3.69. The van der Waals surface area contributed by atoms with Crippen molar-refractivity contribution >= 4 is 28.5 Å². The number of H-pyrrole nitrogens is 2. The lowest BCUT2D eigenvalue weighted by Crippen LogP contribution is -2.21. The molecule has 2 aromatic heterocycles. The number of pyridine rings is 1. The molecule has 0 spiro atoms. The maximum absolute atomic E-state index is 12.0. The number of hydrogen-bond acceptors (Lipinski definition) is 7. The highest BCUT2D eigenvalue weighted by atomic mass is 16.5. The molecule has 0 aliphatic carbocycles. The first-order valence-electron chi connectivity index (χ1n) is 7.73. The van der Waals surface area contributed by atoms with Crippen LogP contribution in [0, 0.1) is 0 Å². The van der Waals surface area contributed by atoms with E-state index in [0.29, 0.717) is 24.1 Å². The highest BCUT2D eigenvalue weighted by Crippen LogP contribution is 2.21. The first-order valence-corrected chi connectivity index (χ1v) is 7.73. The van der Waals surface area contributed by atoms with E-state index >= 15 is 0 Å². The molecule has 0 fully saturated rings. The highest BCUT2D eigenvalue weighted by molar-refractivity contribution is 5.91. The molecule has 6 N–H and O–H groups in total. The predicted octanol–water partition coefficient (Wildman–Crippen LogP) is 0.442. The molecule has 0 bridgehead atoms. The van der Waals surface area contributed by atoms with E-state index in [-0.39, 0.29) is 23.0 Å². The molecule has 0 aromatic carbocycles. The molecule has 0 radical (unpaired) electrons. The molecule has 0 amide bonds. The van der Waals surface area contributed by atoms with E-state index in [9.17, 15) is 14.4 Å². The number of carbonyl (C=O) groups excluding carboxylic acids is 1. The summed E-state index contributed by atoms with van der Waals surface area (Å²) in [4.78, 5) is 42.8. The van der Waals surface area contributed by atoms with E-state index in [1.165, 1.54) is 6.92 Å². The van der Waals surface area contributed by atoms with Gasteiger partial charge in [0.25, 0.3) is 5.56 Å². The Morgan fingerprint density at radius 2 is 1.83 bits per heavy atom. The first kappa shape index (κ1) is 17.5. The standard InChI is InChI=1S/C15H21N5O4/c1-8(21)24-7-5-3-2-4-6-9-11-10(14(22)19-12(9)16)13(17)20-15(23)18-11/h2-7H2,1H3,(H3,16,19,22)(H3,17,18,20,23). The number of ether oxygens (including phenoxy) is 1. The van der Waals surface area contributed by atoms with Crippen molar-refractivity contribution in [1.29, 1.82) is 0 Å². The number of esters is 1. The number of rotatable bonds is 7. The zero-order valence-corrected chi connectivity index (χ0v) is 13.5. The van der Waals surface area contributed by atoms with Crippen molar-refractivity contribution in [3.63, 3.8) is 0 Å².